The van der Waals surface area contributed by atoms with Crippen LogP contribution in [0.4, 0.5) is 4.39 Å². The van der Waals surface area contributed by atoms with Crippen LogP contribution in [0.5, 0.6) is 0 Å². The first-order chi connectivity index (χ1) is 11.5. The summed E-state index contributed by atoms with van der Waals surface area (Å²) in [6, 6.07) is 12.0. The number of aryl methyl sites for hydroxylation is 1. The van der Waals surface area contributed by atoms with Crippen LogP contribution in [-0.4, -0.2) is 5.91 Å². The van der Waals surface area contributed by atoms with Crippen LogP contribution in [0.2, 0.25) is 0 Å². The average molecular weight is 323 g/mol. The number of amides is 1. The van der Waals surface area contributed by atoms with Crippen LogP contribution in [-0.2, 0) is 5.54 Å². The Hall–Kier alpha value is -2.42. The summed E-state index contributed by atoms with van der Waals surface area (Å²) in [7, 11) is 0. The highest BCUT2D eigenvalue weighted by atomic mass is 19.1. The number of carbonyl (C=O) groups is 1. The van der Waals surface area contributed by atoms with Gasteiger partial charge >= 0.3 is 0 Å². The van der Waals surface area contributed by atoms with Gasteiger partial charge in [-0.05, 0) is 73.2 Å². The zero-order valence-corrected chi connectivity index (χ0v) is 14.1. The molecule has 2 aromatic rings. The van der Waals surface area contributed by atoms with Gasteiger partial charge in [0.25, 0.3) is 5.91 Å². The van der Waals surface area contributed by atoms with Crippen molar-refractivity contribution >= 4 is 12.0 Å². The van der Waals surface area contributed by atoms with E-state index in [9.17, 15) is 9.18 Å². The van der Waals surface area contributed by atoms with Crippen molar-refractivity contribution in [2.24, 2.45) is 0 Å². The topological polar surface area (TPSA) is 29.1 Å². The molecule has 124 valence electrons. The first-order valence-electron chi connectivity index (χ1n) is 8.40. The van der Waals surface area contributed by atoms with Crippen LogP contribution in [0, 0.1) is 12.7 Å². The summed E-state index contributed by atoms with van der Waals surface area (Å²) in [5.41, 5.74) is 3.76. The minimum atomic E-state index is -0.335. The summed E-state index contributed by atoms with van der Waals surface area (Å²) in [4.78, 5) is 12.5. The van der Waals surface area contributed by atoms with Crippen molar-refractivity contribution in [2.45, 2.75) is 38.6 Å². The largest absolute Gasteiger partial charge is 0.343 e. The van der Waals surface area contributed by atoms with Crippen LogP contribution in [0.1, 0.15) is 53.2 Å². The van der Waals surface area contributed by atoms with Gasteiger partial charge in [-0.3, -0.25) is 4.79 Å². The van der Waals surface area contributed by atoms with Gasteiger partial charge in [-0.1, -0.05) is 31.2 Å². The lowest BCUT2D eigenvalue weighted by atomic mass is 9.97. The predicted octanol–water partition coefficient (Wildman–Crippen LogP) is 4.98. The van der Waals surface area contributed by atoms with Crippen molar-refractivity contribution < 1.29 is 9.18 Å². The van der Waals surface area contributed by atoms with E-state index in [-0.39, 0.29) is 17.3 Å². The summed E-state index contributed by atoms with van der Waals surface area (Å²) in [5.74, 6) is -0.489. The fourth-order valence-electron chi connectivity index (χ4n) is 2.86. The molecule has 3 heteroatoms. The van der Waals surface area contributed by atoms with E-state index in [0.717, 1.165) is 24.8 Å². The van der Waals surface area contributed by atoms with Gasteiger partial charge in [0, 0.05) is 5.56 Å². The van der Waals surface area contributed by atoms with Crippen LogP contribution in [0.25, 0.3) is 6.08 Å². The number of benzene rings is 2. The average Bonchev–Trinajstić information content (AvgIpc) is 3.35. The van der Waals surface area contributed by atoms with Gasteiger partial charge in [0.15, 0.2) is 0 Å². The summed E-state index contributed by atoms with van der Waals surface area (Å²) < 4.78 is 13.0. The predicted molar refractivity (Wildman–Crippen MR) is 95.3 cm³/mol. The summed E-state index contributed by atoms with van der Waals surface area (Å²) in [6.45, 7) is 4.21. The second-order valence-electron chi connectivity index (χ2n) is 6.43. The molecule has 0 atom stereocenters. The van der Waals surface area contributed by atoms with E-state index >= 15 is 0 Å². The molecule has 0 heterocycles. The molecular weight excluding hydrogens is 301 g/mol. The van der Waals surface area contributed by atoms with E-state index in [4.69, 9.17) is 0 Å². The van der Waals surface area contributed by atoms with Crippen LogP contribution >= 0.6 is 0 Å². The Morgan fingerprint density at radius 3 is 2.54 bits per heavy atom. The third-order valence-corrected chi connectivity index (χ3v) is 4.57. The van der Waals surface area contributed by atoms with E-state index in [1.54, 1.807) is 0 Å². The molecule has 0 aromatic heterocycles. The molecule has 1 amide bonds. The van der Waals surface area contributed by atoms with Crippen molar-refractivity contribution in [3.05, 3.63) is 76.6 Å². The second kappa shape index (κ2) is 6.60. The van der Waals surface area contributed by atoms with Gasteiger partial charge in [-0.2, -0.15) is 0 Å². The Labute approximate surface area is 142 Å². The zero-order valence-electron chi connectivity index (χ0n) is 14.1. The molecule has 1 aliphatic rings. The lowest BCUT2D eigenvalue weighted by molar-refractivity contribution is 0.0931. The number of hydrogen-bond acceptors (Lipinski definition) is 1. The molecule has 2 aromatic carbocycles. The maximum Gasteiger partial charge on any atom is 0.251 e. The van der Waals surface area contributed by atoms with Crippen LogP contribution < -0.4 is 5.32 Å². The Bertz CT molecular complexity index is 773. The standard InChI is InChI=1S/C21H22FNO/c1-3-4-5-17-14-18(9-6-15(17)2)21(12-13-21)23-20(24)16-7-10-19(22)11-8-16/h4-11,14H,3,12-13H2,1-2H3,(H,23,24)/b5-4-. The van der Waals surface area contributed by atoms with E-state index in [0.29, 0.717) is 5.56 Å². The highest BCUT2D eigenvalue weighted by Gasteiger charge is 2.45. The van der Waals surface area contributed by atoms with Crippen LogP contribution in [0.15, 0.2) is 48.5 Å². The van der Waals surface area contributed by atoms with Crippen molar-refractivity contribution in [1.29, 1.82) is 0 Å². The van der Waals surface area contributed by atoms with Gasteiger partial charge in [0.2, 0.25) is 0 Å². The number of hydrogen-bond donors (Lipinski definition) is 1. The molecule has 0 radical (unpaired) electrons. The van der Waals surface area contributed by atoms with E-state index in [1.165, 1.54) is 35.4 Å². The lowest BCUT2D eigenvalue weighted by Crippen LogP contribution is -2.34. The Kier molecular flexibility index (Phi) is 4.52. The van der Waals surface area contributed by atoms with Crippen molar-refractivity contribution in [3.63, 3.8) is 0 Å². The Morgan fingerprint density at radius 2 is 1.92 bits per heavy atom. The Balaban J connectivity index is 1.82. The molecule has 1 saturated carbocycles. The van der Waals surface area contributed by atoms with Crippen LogP contribution in [0.3, 0.4) is 0 Å². The van der Waals surface area contributed by atoms with E-state index < -0.39 is 0 Å². The monoisotopic (exact) mass is 323 g/mol. The molecule has 0 saturated heterocycles. The molecule has 1 N–H and O–H groups in total. The molecular formula is C21H22FNO. The maximum absolute atomic E-state index is 13.0. The van der Waals surface area contributed by atoms with Crippen molar-refractivity contribution in [3.8, 4) is 0 Å². The summed E-state index contributed by atoms with van der Waals surface area (Å²) in [5, 5.41) is 3.14. The molecule has 1 fully saturated rings. The minimum absolute atomic E-state index is 0.154. The molecule has 2 nitrogen and oxygen atoms in total. The highest BCUT2D eigenvalue weighted by molar-refractivity contribution is 5.95. The van der Waals surface area contributed by atoms with Crippen molar-refractivity contribution in [2.75, 3.05) is 0 Å². The number of rotatable bonds is 5. The molecule has 24 heavy (non-hydrogen) atoms. The third kappa shape index (κ3) is 3.40. The third-order valence-electron chi connectivity index (χ3n) is 4.57. The number of halogens is 1. The molecule has 0 spiro atoms. The SMILES string of the molecule is CC/C=C\c1cc(C2(NC(=O)c3ccc(F)cc3)CC2)ccc1C. The molecule has 0 unspecified atom stereocenters. The summed E-state index contributed by atoms with van der Waals surface area (Å²) >= 11 is 0. The first-order valence-corrected chi connectivity index (χ1v) is 8.40. The molecule has 0 bridgehead atoms. The maximum atomic E-state index is 13.0. The fraction of sp³-hybridized carbons (Fsp3) is 0.286. The quantitative estimate of drug-likeness (QED) is 0.826. The molecule has 0 aliphatic heterocycles. The van der Waals surface area contributed by atoms with E-state index in [2.05, 4.69) is 49.5 Å². The number of nitrogens with one attached hydrogen (secondary N) is 1. The van der Waals surface area contributed by atoms with Gasteiger partial charge in [-0.15, -0.1) is 0 Å². The fourth-order valence-corrected chi connectivity index (χ4v) is 2.86. The van der Waals surface area contributed by atoms with Gasteiger partial charge in [0.05, 0.1) is 5.54 Å². The lowest BCUT2D eigenvalue weighted by Gasteiger charge is -2.19. The van der Waals surface area contributed by atoms with E-state index in [1.807, 2.05) is 0 Å². The van der Waals surface area contributed by atoms with Gasteiger partial charge in [0.1, 0.15) is 5.82 Å². The minimum Gasteiger partial charge on any atom is -0.343 e. The number of allylic oxidation sites excluding steroid dienone is 1. The second-order valence-corrected chi connectivity index (χ2v) is 6.43. The molecule has 3 rings (SSSR count). The highest BCUT2D eigenvalue weighted by Crippen LogP contribution is 2.46. The zero-order chi connectivity index (χ0) is 17.2. The van der Waals surface area contributed by atoms with Gasteiger partial charge in [-0.25, -0.2) is 4.39 Å². The molecule has 1 aliphatic carbocycles. The smallest absolute Gasteiger partial charge is 0.251 e. The normalized spacial score (nSPS) is 15.5. The van der Waals surface area contributed by atoms with Gasteiger partial charge < -0.3 is 5.32 Å². The Morgan fingerprint density at radius 1 is 1.21 bits per heavy atom. The number of carbonyl (C=O) groups excluding carboxylic acids is 1. The first kappa shape index (κ1) is 16.4. The van der Waals surface area contributed by atoms with Crippen molar-refractivity contribution in [1.82, 2.24) is 5.32 Å². The summed E-state index contributed by atoms with van der Waals surface area (Å²) in [6.07, 6.45) is 7.13.